The van der Waals surface area contributed by atoms with Gasteiger partial charge in [-0.1, -0.05) is 0 Å². The lowest BCUT2D eigenvalue weighted by atomic mass is 10.1. The van der Waals surface area contributed by atoms with E-state index in [9.17, 15) is 13.2 Å². The molecule has 2 aromatic rings. The summed E-state index contributed by atoms with van der Waals surface area (Å²) in [6.45, 7) is 3.90. The molecule has 3 rings (SSSR count). The molecule has 1 aliphatic rings. The first-order chi connectivity index (χ1) is 11.3. The second-order valence-electron chi connectivity index (χ2n) is 6.03. The Hall–Kier alpha value is -1.86. The number of benzene rings is 1. The molecule has 0 bridgehead atoms. The molecular weight excluding hydrogens is 321 g/mol. The summed E-state index contributed by atoms with van der Waals surface area (Å²) in [5.74, 6) is 1.02. The second kappa shape index (κ2) is 6.57. The lowest BCUT2D eigenvalue weighted by Crippen LogP contribution is -2.31. The molecule has 1 aromatic carbocycles. The van der Waals surface area contributed by atoms with Gasteiger partial charge in [-0.3, -0.25) is 4.90 Å². The number of hydrogen-bond acceptors (Lipinski definition) is 4. The Labute approximate surface area is 138 Å². The van der Waals surface area contributed by atoms with Gasteiger partial charge in [0.15, 0.2) is 0 Å². The second-order valence-corrected chi connectivity index (χ2v) is 6.03. The van der Waals surface area contributed by atoms with E-state index in [-0.39, 0.29) is 0 Å². The molecule has 1 saturated heterocycles. The van der Waals surface area contributed by atoms with E-state index < -0.39 is 11.7 Å². The van der Waals surface area contributed by atoms with E-state index in [1.165, 1.54) is 12.1 Å². The summed E-state index contributed by atoms with van der Waals surface area (Å²) >= 11 is 0. The molecule has 0 saturated carbocycles. The van der Waals surface area contributed by atoms with Crippen molar-refractivity contribution in [1.82, 2.24) is 9.88 Å². The maximum atomic E-state index is 12.6. The summed E-state index contributed by atoms with van der Waals surface area (Å²) < 4.78 is 48.9. The molecule has 2 heterocycles. The van der Waals surface area contributed by atoms with Crippen LogP contribution in [0.5, 0.6) is 0 Å². The smallest absolute Gasteiger partial charge is 0.416 e. The molecule has 1 aliphatic heterocycles. The standard InChI is InChI=1S/C17H19F3N2O2/c1-11-15(9-22(2)14-7-8-23-10-14)21-16(24-11)12-3-5-13(6-4-12)17(18,19)20/h3-6,14H,7-10H2,1-2H3. The Morgan fingerprint density at radius 1 is 1.25 bits per heavy atom. The van der Waals surface area contributed by atoms with E-state index in [4.69, 9.17) is 9.15 Å². The number of halogens is 3. The summed E-state index contributed by atoms with van der Waals surface area (Å²) in [7, 11) is 2.01. The number of rotatable bonds is 4. The fourth-order valence-corrected chi connectivity index (χ4v) is 2.74. The predicted molar refractivity (Wildman–Crippen MR) is 82.4 cm³/mol. The number of ether oxygens (including phenoxy) is 1. The van der Waals surface area contributed by atoms with Crippen LogP contribution in [0.25, 0.3) is 11.5 Å². The number of nitrogens with zero attached hydrogens (tertiary/aromatic N) is 2. The molecule has 7 heteroatoms. The van der Waals surface area contributed by atoms with Crippen LogP contribution < -0.4 is 0 Å². The quantitative estimate of drug-likeness (QED) is 0.846. The van der Waals surface area contributed by atoms with Crippen molar-refractivity contribution in [2.75, 3.05) is 20.3 Å². The van der Waals surface area contributed by atoms with Crippen LogP contribution in [-0.2, 0) is 17.5 Å². The van der Waals surface area contributed by atoms with Crippen molar-refractivity contribution in [3.05, 3.63) is 41.3 Å². The number of aromatic nitrogens is 1. The Kier molecular flexibility index (Phi) is 4.64. The van der Waals surface area contributed by atoms with Gasteiger partial charge in [0.25, 0.3) is 0 Å². The van der Waals surface area contributed by atoms with Crippen LogP contribution in [-0.4, -0.2) is 36.2 Å². The topological polar surface area (TPSA) is 38.5 Å². The fraction of sp³-hybridized carbons (Fsp3) is 0.471. The van der Waals surface area contributed by atoms with Gasteiger partial charge in [-0.2, -0.15) is 13.2 Å². The van der Waals surface area contributed by atoms with Gasteiger partial charge in [-0.05, 0) is 44.7 Å². The zero-order valence-corrected chi connectivity index (χ0v) is 13.6. The van der Waals surface area contributed by atoms with Crippen LogP contribution in [0.2, 0.25) is 0 Å². The summed E-state index contributed by atoms with van der Waals surface area (Å²) in [5.41, 5.74) is 0.638. The molecule has 0 radical (unpaired) electrons. The van der Waals surface area contributed by atoms with Gasteiger partial charge in [0.1, 0.15) is 5.76 Å². The van der Waals surface area contributed by atoms with E-state index in [2.05, 4.69) is 9.88 Å². The van der Waals surface area contributed by atoms with E-state index in [0.717, 1.165) is 30.9 Å². The maximum Gasteiger partial charge on any atom is 0.416 e. The Morgan fingerprint density at radius 3 is 2.54 bits per heavy atom. The highest BCUT2D eigenvalue weighted by Crippen LogP contribution is 2.31. The molecule has 24 heavy (non-hydrogen) atoms. The van der Waals surface area contributed by atoms with Gasteiger partial charge in [-0.25, -0.2) is 4.98 Å². The minimum Gasteiger partial charge on any atom is -0.441 e. The number of hydrogen-bond donors (Lipinski definition) is 0. The maximum absolute atomic E-state index is 12.6. The highest BCUT2D eigenvalue weighted by atomic mass is 19.4. The van der Waals surface area contributed by atoms with Crippen LogP contribution in [0.4, 0.5) is 13.2 Å². The van der Waals surface area contributed by atoms with Crippen molar-refractivity contribution >= 4 is 0 Å². The molecule has 130 valence electrons. The highest BCUT2D eigenvalue weighted by Gasteiger charge is 2.30. The Balaban J connectivity index is 1.75. The van der Waals surface area contributed by atoms with Crippen LogP contribution in [0.15, 0.2) is 28.7 Å². The van der Waals surface area contributed by atoms with E-state index in [0.29, 0.717) is 36.4 Å². The fourth-order valence-electron chi connectivity index (χ4n) is 2.74. The summed E-state index contributed by atoms with van der Waals surface area (Å²) in [5, 5.41) is 0. The molecule has 0 N–H and O–H groups in total. The van der Waals surface area contributed by atoms with E-state index in [1.54, 1.807) is 0 Å². The van der Waals surface area contributed by atoms with Crippen molar-refractivity contribution in [2.45, 2.75) is 32.1 Å². The van der Waals surface area contributed by atoms with Gasteiger partial charge in [0, 0.05) is 24.8 Å². The van der Waals surface area contributed by atoms with Crippen molar-refractivity contribution in [3.63, 3.8) is 0 Å². The minimum atomic E-state index is -4.34. The number of likely N-dealkylation sites (N-methyl/N-ethyl adjacent to an activating group) is 1. The minimum absolute atomic E-state index is 0.340. The zero-order valence-electron chi connectivity index (χ0n) is 13.6. The average Bonchev–Trinajstić information content (AvgIpc) is 3.17. The third-order valence-corrected chi connectivity index (χ3v) is 4.28. The van der Waals surface area contributed by atoms with Crippen molar-refractivity contribution in [2.24, 2.45) is 0 Å². The van der Waals surface area contributed by atoms with Crippen LogP contribution >= 0.6 is 0 Å². The number of aryl methyl sites for hydroxylation is 1. The zero-order chi connectivity index (χ0) is 17.3. The first-order valence-electron chi connectivity index (χ1n) is 7.76. The Morgan fingerprint density at radius 2 is 1.96 bits per heavy atom. The van der Waals surface area contributed by atoms with Gasteiger partial charge in [0.05, 0.1) is 17.9 Å². The Bertz CT molecular complexity index is 689. The lowest BCUT2D eigenvalue weighted by molar-refractivity contribution is -0.137. The van der Waals surface area contributed by atoms with Gasteiger partial charge in [-0.15, -0.1) is 0 Å². The highest BCUT2D eigenvalue weighted by molar-refractivity contribution is 5.54. The predicted octanol–water partition coefficient (Wildman–Crippen LogP) is 3.89. The monoisotopic (exact) mass is 340 g/mol. The van der Waals surface area contributed by atoms with E-state index in [1.807, 2.05) is 14.0 Å². The molecule has 1 aromatic heterocycles. The molecule has 1 fully saturated rings. The summed E-state index contributed by atoms with van der Waals surface area (Å²) in [6, 6.07) is 5.20. The van der Waals surface area contributed by atoms with E-state index >= 15 is 0 Å². The SMILES string of the molecule is Cc1oc(-c2ccc(C(F)(F)F)cc2)nc1CN(C)C1CCOC1. The first-order valence-corrected chi connectivity index (χ1v) is 7.76. The van der Waals surface area contributed by atoms with Crippen molar-refractivity contribution < 1.29 is 22.3 Å². The number of oxazole rings is 1. The molecule has 0 spiro atoms. The largest absolute Gasteiger partial charge is 0.441 e. The van der Waals surface area contributed by atoms with Gasteiger partial charge in [0.2, 0.25) is 5.89 Å². The molecule has 1 atom stereocenters. The first kappa shape index (κ1) is 17.0. The third-order valence-electron chi connectivity index (χ3n) is 4.28. The molecule has 0 amide bonds. The van der Waals surface area contributed by atoms with Gasteiger partial charge < -0.3 is 9.15 Å². The summed E-state index contributed by atoms with van der Waals surface area (Å²) in [4.78, 5) is 6.61. The molecule has 4 nitrogen and oxygen atoms in total. The van der Waals surface area contributed by atoms with Crippen LogP contribution in [0.3, 0.4) is 0 Å². The van der Waals surface area contributed by atoms with Gasteiger partial charge >= 0.3 is 6.18 Å². The van der Waals surface area contributed by atoms with Crippen molar-refractivity contribution in [3.8, 4) is 11.5 Å². The van der Waals surface area contributed by atoms with Crippen LogP contribution in [0.1, 0.15) is 23.4 Å². The molecular formula is C17H19F3N2O2. The summed E-state index contributed by atoms with van der Waals surface area (Å²) in [6.07, 6.45) is -3.36. The number of alkyl halides is 3. The van der Waals surface area contributed by atoms with Crippen molar-refractivity contribution in [1.29, 1.82) is 0 Å². The average molecular weight is 340 g/mol. The normalized spacial score (nSPS) is 18.5. The molecule has 1 unspecified atom stereocenters. The molecule has 0 aliphatic carbocycles. The lowest BCUT2D eigenvalue weighted by Gasteiger charge is -2.21. The third kappa shape index (κ3) is 3.62. The van der Waals surface area contributed by atoms with Crippen LogP contribution in [0, 0.1) is 6.92 Å².